The van der Waals surface area contributed by atoms with E-state index in [0.717, 1.165) is 10.6 Å². The summed E-state index contributed by atoms with van der Waals surface area (Å²) in [5.74, 6) is -0.967. The largest absolute Gasteiger partial charge is 0.424 e. The van der Waals surface area contributed by atoms with Crippen LogP contribution in [0.4, 0.5) is 10.1 Å². The van der Waals surface area contributed by atoms with E-state index in [0.29, 0.717) is 11.3 Å². The molecule has 0 radical (unpaired) electrons. The summed E-state index contributed by atoms with van der Waals surface area (Å²) in [7, 11) is 0. The second-order valence-electron chi connectivity index (χ2n) is 6.28. The number of hydrogen-bond donors (Lipinski definition) is 1. The highest BCUT2D eigenvalue weighted by molar-refractivity contribution is 7.98. The SMILES string of the molecule is CC(=O)Oc1cc(C=CC(=O)Nc2cccc(SCc3ccncc3)c2)ccc1F. The lowest BCUT2D eigenvalue weighted by atomic mass is 10.2. The number of esters is 1. The monoisotopic (exact) mass is 422 g/mol. The van der Waals surface area contributed by atoms with Crippen LogP contribution in [0, 0.1) is 5.82 Å². The molecule has 3 aromatic rings. The van der Waals surface area contributed by atoms with Crippen LogP contribution in [-0.4, -0.2) is 16.9 Å². The van der Waals surface area contributed by atoms with Gasteiger partial charge in [-0.15, -0.1) is 11.8 Å². The van der Waals surface area contributed by atoms with Gasteiger partial charge in [0.15, 0.2) is 11.6 Å². The smallest absolute Gasteiger partial charge is 0.308 e. The first-order valence-corrected chi connectivity index (χ1v) is 10.1. The quantitative estimate of drug-likeness (QED) is 0.249. The van der Waals surface area contributed by atoms with Crippen molar-refractivity contribution >= 4 is 35.4 Å². The van der Waals surface area contributed by atoms with Crippen LogP contribution in [0.15, 0.2) is 78.0 Å². The van der Waals surface area contributed by atoms with Crippen molar-refractivity contribution < 1.29 is 18.7 Å². The lowest BCUT2D eigenvalue weighted by Crippen LogP contribution is -2.07. The van der Waals surface area contributed by atoms with E-state index in [1.54, 1.807) is 30.2 Å². The van der Waals surface area contributed by atoms with E-state index in [2.05, 4.69) is 10.3 Å². The molecule has 5 nitrogen and oxygen atoms in total. The number of aromatic nitrogens is 1. The van der Waals surface area contributed by atoms with Crippen molar-refractivity contribution in [1.29, 1.82) is 0 Å². The Hall–Kier alpha value is -3.45. The number of nitrogens with one attached hydrogen (secondary N) is 1. The van der Waals surface area contributed by atoms with Crippen molar-refractivity contribution in [3.8, 4) is 5.75 Å². The highest BCUT2D eigenvalue weighted by atomic mass is 32.2. The Morgan fingerprint density at radius 1 is 1.13 bits per heavy atom. The number of anilines is 1. The number of benzene rings is 2. The molecular weight excluding hydrogens is 403 g/mol. The van der Waals surface area contributed by atoms with Gasteiger partial charge in [0.2, 0.25) is 5.91 Å². The van der Waals surface area contributed by atoms with E-state index in [1.807, 2.05) is 30.3 Å². The number of halogens is 1. The van der Waals surface area contributed by atoms with E-state index in [1.165, 1.54) is 42.8 Å². The molecule has 0 fully saturated rings. The summed E-state index contributed by atoms with van der Waals surface area (Å²) in [6.07, 6.45) is 6.37. The molecular formula is C23H19FN2O3S. The summed E-state index contributed by atoms with van der Waals surface area (Å²) in [6.45, 7) is 1.19. The number of thioether (sulfide) groups is 1. The maximum absolute atomic E-state index is 13.6. The molecule has 30 heavy (non-hydrogen) atoms. The van der Waals surface area contributed by atoms with Crippen molar-refractivity contribution in [3.05, 3.63) is 90.0 Å². The van der Waals surface area contributed by atoms with Crippen LogP contribution in [-0.2, 0) is 15.3 Å². The van der Waals surface area contributed by atoms with E-state index >= 15 is 0 Å². The zero-order chi connectivity index (χ0) is 21.3. The van der Waals surface area contributed by atoms with Crippen LogP contribution in [0.25, 0.3) is 6.08 Å². The standard InChI is InChI=1S/C23H19FN2O3S/c1-16(27)29-22-13-17(5-7-21(22)24)6-8-23(28)26-19-3-2-4-20(14-19)30-15-18-9-11-25-12-10-18/h2-14H,15H2,1H3,(H,26,28). The van der Waals surface area contributed by atoms with Gasteiger partial charge in [0.05, 0.1) is 0 Å². The van der Waals surface area contributed by atoms with Gasteiger partial charge in [-0.3, -0.25) is 14.6 Å². The predicted octanol–water partition coefficient (Wildman–Crippen LogP) is 5.09. The molecule has 0 aliphatic carbocycles. The van der Waals surface area contributed by atoms with Crippen LogP contribution in [0.1, 0.15) is 18.1 Å². The van der Waals surface area contributed by atoms with Gasteiger partial charge >= 0.3 is 5.97 Å². The Labute approximate surface area is 178 Å². The molecule has 3 rings (SSSR count). The summed E-state index contributed by atoms with van der Waals surface area (Å²) in [5, 5.41) is 2.80. The van der Waals surface area contributed by atoms with E-state index in [4.69, 9.17) is 4.74 Å². The summed E-state index contributed by atoms with van der Waals surface area (Å²) in [4.78, 5) is 28.3. The Morgan fingerprint density at radius 3 is 2.70 bits per heavy atom. The van der Waals surface area contributed by atoms with Crippen molar-refractivity contribution in [2.24, 2.45) is 0 Å². The molecule has 2 aromatic carbocycles. The van der Waals surface area contributed by atoms with Gasteiger partial charge in [-0.2, -0.15) is 0 Å². The minimum Gasteiger partial charge on any atom is -0.424 e. The van der Waals surface area contributed by atoms with Crippen LogP contribution < -0.4 is 10.1 Å². The topological polar surface area (TPSA) is 68.3 Å². The molecule has 0 unspecified atom stereocenters. The zero-order valence-electron chi connectivity index (χ0n) is 16.2. The molecule has 1 heterocycles. The Bertz CT molecular complexity index is 1070. The average molecular weight is 422 g/mol. The molecule has 0 bridgehead atoms. The normalized spacial score (nSPS) is 10.7. The van der Waals surface area contributed by atoms with Crippen LogP contribution in [0.3, 0.4) is 0 Å². The van der Waals surface area contributed by atoms with Gasteiger partial charge in [0.1, 0.15) is 0 Å². The third-order valence-corrected chi connectivity index (χ3v) is 4.96. The molecule has 0 aliphatic heterocycles. The summed E-state index contributed by atoms with van der Waals surface area (Å²) in [5.41, 5.74) is 2.37. The maximum atomic E-state index is 13.6. The Kier molecular flexibility index (Phi) is 7.34. The van der Waals surface area contributed by atoms with E-state index in [-0.39, 0.29) is 11.7 Å². The Balaban J connectivity index is 1.60. The first-order chi connectivity index (χ1) is 14.5. The first-order valence-electron chi connectivity index (χ1n) is 9.08. The molecule has 1 N–H and O–H groups in total. The lowest BCUT2D eigenvalue weighted by Gasteiger charge is -2.06. The summed E-state index contributed by atoms with van der Waals surface area (Å²) in [6, 6.07) is 15.5. The van der Waals surface area contributed by atoms with Crippen LogP contribution >= 0.6 is 11.8 Å². The van der Waals surface area contributed by atoms with E-state index < -0.39 is 11.8 Å². The molecule has 0 spiro atoms. The highest BCUT2D eigenvalue weighted by Gasteiger charge is 2.07. The number of carbonyl (C=O) groups excluding carboxylic acids is 2. The number of rotatable bonds is 7. The van der Waals surface area contributed by atoms with Gasteiger partial charge in [0.25, 0.3) is 0 Å². The third-order valence-electron chi connectivity index (χ3n) is 3.89. The van der Waals surface area contributed by atoms with Gasteiger partial charge in [0, 0.05) is 41.7 Å². The average Bonchev–Trinajstić information content (AvgIpc) is 2.73. The number of carbonyl (C=O) groups is 2. The maximum Gasteiger partial charge on any atom is 0.308 e. The summed E-state index contributed by atoms with van der Waals surface area (Å²) < 4.78 is 18.4. The van der Waals surface area contributed by atoms with Crippen molar-refractivity contribution in [2.75, 3.05) is 5.32 Å². The molecule has 0 saturated heterocycles. The van der Waals surface area contributed by atoms with E-state index in [9.17, 15) is 14.0 Å². The number of pyridine rings is 1. The van der Waals surface area contributed by atoms with Gasteiger partial charge in [-0.25, -0.2) is 4.39 Å². The molecule has 1 aromatic heterocycles. The predicted molar refractivity (Wildman–Crippen MR) is 116 cm³/mol. The highest BCUT2D eigenvalue weighted by Crippen LogP contribution is 2.25. The molecule has 0 aliphatic rings. The van der Waals surface area contributed by atoms with Crippen LogP contribution in [0.5, 0.6) is 5.75 Å². The second kappa shape index (κ2) is 10.4. The van der Waals surface area contributed by atoms with Crippen molar-refractivity contribution in [2.45, 2.75) is 17.6 Å². The fourth-order valence-electron chi connectivity index (χ4n) is 2.52. The number of ether oxygens (including phenoxy) is 1. The number of amides is 1. The first kappa shape index (κ1) is 21.3. The second-order valence-corrected chi connectivity index (χ2v) is 7.33. The fraction of sp³-hybridized carbons (Fsp3) is 0.0870. The van der Waals surface area contributed by atoms with Crippen molar-refractivity contribution in [1.82, 2.24) is 4.98 Å². The van der Waals surface area contributed by atoms with Crippen LogP contribution in [0.2, 0.25) is 0 Å². The number of hydrogen-bond acceptors (Lipinski definition) is 5. The van der Waals surface area contributed by atoms with Gasteiger partial charge < -0.3 is 10.1 Å². The van der Waals surface area contributed by atoms with Gasteiger partial charge in [-0.1, -0.05) is 12.1 Å². The zero-order valence-corrected chi connectivity index (χ0v) is 17.0. The van der Waals surface area contributed by atoms with Gasteiger partial charge in [-0.05, 0) is 59.7 Å². The summed E-state index contributed by atoms with van der Waals surface area (Å²) >= 11 is 1.66. The fourth-order valence-corrected chi connectivity index (χ4v) is 3.43. The molecule has 7 heteroatoms. The molecule has 0 saturated carbocycles. The van der Waals surface area contributed by atoms with Crippen molar-refractivity contribution in [3.63, 3.8) is 0 Å². The Morgan fingerprint density at radius 2 is 1.93 bits per heavy atom. The lowest BCUT2D eigenvalue weighted by molar-refractivity contribution is -0.132. The molecule has 152 valence electrons. The number of nitrogens with zero attached hydrogens (tertiary/aromatic N) is 1. The molecule has 1 amide bonds. The molecule has 0 atom stereocenters. The minimum absolute atomic E-state index is 0.177. The third kappa shape index (κ3) is 6.56. The minimum atomic E-state index is -0.645.